The number of nitrogens with one attached hydrogen (secondary N) is 1. The number of rotatable bonds is 7. The highest BCUT2D eigenvalue weighted by Gasteiger charge is 2.39. The maximum absolute atomic E-state index is 12.7. The van der Waals surface area contributed by atoms with Gasteiger partial charge in [0.1, 0.15) is 5.82 Å². The zero-order valence-corrected chi connectivity index (χ0v) is 21.4. The molecule has 2 saturated heterocycles. The Morgan fingerprint density at radius 1 is 1.14 bits per heavy atom. The molecule has 192 valence electrons. The van der Waals surface area contributed by atoms with Gasteiger partial charge in [-0.25, -0.2) is 4.98 Å². The van der Waals surface area contributed by atoms with Crippen LogP contribution < -0.4 is 10.2 Å². The van der Waals surface area contributed by atoms with Crippen molar-refractivity contribution in [2.24, 2.45) is 17.8 Å². The van der Waals surface area contributed by atoms with E-state index >= 15 is 0 Å². The van der Waals surface area contributed by atoms with Gasteiger partial charge < -0.3 is 25.3 Å². The van der Waals surface area contributed by atoms with Gasteiger partial charge in [-0.05, 0) is 42.2 Å². The van der Waals surface area contributed by atoms with Gasteiger partial charge in [0.25, 0.3) is 11.8 Å². The Morgan fingerprint density at radius 2 is 1.83 bits per heavy atom. The number of pyridine rings is 1. The SMILES string of the molecule is CCc1cnc(N2CCC(CNC(=O)C(O)C(O)C(=O)N3CC4C=CC=CC4C3)CC2)c2ccsc12. The average Bonchev–Trinajstić information content (AvgIpc) is 3.58. The number of fused-ring (bicyclic) bond motifs is 2. The number of carbonyl (C=O) groups excluding carboxylic acids is 2. The Labute approximate surface area is 215 Å². The fourth-order valence-electron chi connectivity index (χ4n) is 5.52. The quantitative estimate of drug-likeness (QED) is 0.527. The summed E-state index contributed by atoms with van der Waals surface area (Å²) in [4.78, 5) is 33.8. The zero-order valence-electron chi connectivity index (χ0n) is 20.5. The lowest BCUT2D eigenvalue weighted by molar-refractivity contribution is -0.152. The number of allylic oxidation sites excluding steroid dienone is 2. The first-order valence-electron chi connectivity index (χ1n) is 12.8. The standard InChI is InChI=1S/C27H34N4O4S/c1-2-18-14-28-25(21-9-12-36-24(18)21)30-10-7-17(8-11-30)13-29-26(34)22(32)23(33)27(35)31-15-19-5-3-4-6-20(19)16-31/h3-6,9,12,14,17,19-20,22-23,32-33H,2,7-8,10-11,13,15-16H2,1H3,(H,29,34). The van der Waals surface area contributed by atoms with E-state index in [0.717, 1.165) is 38.2 Å². The molecule has 2 aromatic heterocycles. The van der Waals surface area contributed by atoms with Crippen LogP contribution in [0.25, 0.3) is 10.1 Å². The minimum atomic E-state index is -1.78. The van der Waals surface area contributed by atoms with Crippen molar-refractivity contribution in [1.29, 1.82) is 0 Å². The third-order valence-electron chi connectivity index (χ3n) is 7.77. The van der Waals surface area contributed by atoms with E-state index < -0.39 is 24.0 Å². The normalized spacial score (nSPS) is 23.6. The molecule has 0 radical (unpaired) electrons. The van der Waals surface area contributed by atoms with E-state index in [-0.39, 0.29) is 17.8 Å². The van der Waals surface area contributed by atoms with Gasteiger partial charge >= 0.3 is 0 Å². The lowest BCUT2D eigenvalue weighted by atomic mass is 9.92. The second kappa shape index (κ2) is 10.7. The highest BCUT2D eigenvalue weighted by Crippen LogP contribution is 2.34. The molecule has 0 saturated carbocycles. The first kappa shape index (κ1) is 24.9. The molecule has 5 rings (SSSR count). The van der Waals surface area contributed by atoms with Gasteiger partial charge in [-0.1, -0.05) is 31.2 Å². The number of piperidine rings is 1. The van der Waals surface area contributed by atoms with Crippen LogP contribution in [0.4, 0.5) is 5.82 Å². The molecule has 8 nitrogen and oxygen atoms in total. The zero-order chi connectivity index (χ0) is 25.2. The summed E-state index contributed by atoms with van der Waals surface area (Å²) in [7, 11) is 0. The van der Waals surface area contributed by atoms with Crippen molar-refractivity contribution in [1.82, 2.24) is 15.2 Å². The van der Waals surface area contributed by atoms with Crippen LogP contribution in [0.15, 0.2) is 41.9 Å². The molecule has 0 spiro atoms. The van der Waals surface area contributed by atoms with E-state index in [2.05, 4.69) is 40.7 Å². The summed E-state index contributed by atoms with van der Waals surface area (Å²) >= 11 is 1.76. The molecule has 2 aliphatic heterocycles. The first-order chi connectivity index (χ1) is 17.5. The number of likely N-dealkylation sites (tertiary alicyclic amines) is 1. The highest BCUT2D eigenvalue weighted by atomic mass is 32.1. The topological polar surface area (TPSA) is 106 Å². The molecule has 1 aliphatic carbocycles. The monoisotopic (exact) mass is 510 g/mol. The highest BCUT2D eigenvalue weighted by molar-refractivity contribution is 7.17. The summed E-state index contributed by atoms with van der Waals surface area (Å²) in [5, 5.41) is 26.8. The summed E-state index contributed by atoms with van der Waals surface area (Å²) in [5.74, 6) is 0.432. The van der Waals surface area contributed by atoms with E-state index in [1.165, 1.54) is 20.5 Å². The Balaban J connectivity index is 1.10. The molecule has 2 fully saturated rings. The van der Waals surface area contributed by atoms with Crippen LogP contribution in [-0.2, 0) is 16.0 Å². The fraction of sp³-hybridized carbons (Fsp3) is 0.519. The van der Waals surface area contributed by atoms with Crippen LogP contribution in [0.3, 0.4) is 0 Å². The Hall–Kier alpha value is -2.75. The number of thiophene rings is 1. The molecule has 9 heteroatoms. The number of hydrogen-bond acceptors (Lipinski definition) is 7. The van der Waals surface area contributed by atoms with Crippen molar-refractivity contribution >= 4 is 39.1 Å². The Kier molecular flexibility index (Phi) is 7.41. The second-order valence-corrected chi connectivity index (χ2v) is 10.9. The summed E-state index contributed by atoms with van der Waals surface area (Å²) in [6.07, 6.45) is 9.21. The third kappa shape index (κ3) is 4.92. The van der Waals surface area contributed by atoms with Crippen LogP contribution in [0.2, 0.25) is 0 Å². The van der Waals surface area contributed by atoms with Gasteiger partial charge in [0, 0.05) is 60.8 Å². The molecule has 2 amide bonds. The van der Waals surface area contributed by atoms with E-state index in [1.807, 2.05) is 18.3 Å². The molecular weight excluding hydrogens is 476 g/mol. The van der Waals surface area contributed by atoms with Crippen molar-refractivity contribution in [3.8, 4) is 0 Å². The molecule has 3 aliphatic rings. The number of aromatic nitrogens is 1. The predicted octanol–water partition coefficient (Wildman–Crippen LogP) is 2.11. The smallest absolute Gasteiger partial charge is 0.254 e. The van der Waals surface area contributed by atoms with E-state index in [9.17, 15) is 19.8 Å². The largest absolute Gasteiger partial charge is 0.380 e. The number of aryl methyl sites for hydroxylation is 1. The summed E-state index contributed by atoms with van der Waals surface area (Å²) in [5.41, 5.74) is 1.28. The first-order valence-corrected chi connectivity index (χ1v) is 13.7. The van der Waals surface area contributed by atoms with E-state index in [0.29, 0.717) is 19.6 Å². The number of aliphatic hydroxyl groups is 2. The molecule has 4 atom stereocenters. The molecular formula is C27H34N4O4S. The van der Waals surface area contributed by atoms with Gasteiger partial charge in [-0.3, -0.25) is 9.59 Å². The Bertz CT molecular complexity index is 1150. The second-order valence-electron chi connectivity index (χ2n) is 10.0. The number of amides is 2. The van der Waals surface area contributed by atoms with Crippen molar-refractivity contribution in [2.45, 2.75) is 38.4 Å². The number of nitrogens with zero attached hydrogens (tertiary/aromatic N) is 3. The van der Waals surface area contributed by atoms with E-state index in [1.54, 1.807) is 11.3 Å². The van der Waals surface area contributed by atoms with Crippen molar-refractivity contribution in [3.05, 3.63) is 47.5 Å². The summed E-state index contributed by atoms with van der Waals surface area (Å²) in [6.45, 7) is 5.21. The molecule has 0 aromatic carbocycles. The molecule has 4 unspecified atom stereocenters. The summed E-state index contributed by atoms with van der Waals surface area (Å²) < 4.78 is 1.31. The van der Waals surface area contributed by atoms with Crippen molar-refractivity contribution in [3.63, 3.8) is 0 Å². The van der Waals surface area contributed by atoms with Gasteiger partial charge in [0.15, 0.2) is 12.2 Å². The molecule has 0 bridgehead atoms. The fourth-order valence-corrected chi connectivity index (χ4v) is 6.50. The number of hydrogen-bond donors (Lipinski definition) is 3. The number of carbonyl (C=O) groups is 2. The van der Waals surface area contributed by atoms with Crippen LogP contribution in [0, 0.1) is 17.8 Å². The van der Waals surface area contributed by atoms with Gasteiger partial charge in [-0.2, -0.15) is 0 Å². The van der Waals surface area contributed by atoms with Crippen LogP contribution in [-0.4, -0.2) is 76.8 Å². The number of anilines is 1. The summed E-state index contributed by atoms with van der Waals surface area (Å²) in [6, 6.07) is 2.14. The lowest BCUT2D eigenvalue weighted by Crippen LogP contribution is -2.51. The molecule has 4 heterocycles. The molecule has 2 aromatic rings. The maximum Gasteiger partial charge on any atom is 0.254 e. The van der Waals surface area contributed by atoms with Crippen LogP contribution >= 0.6 is 11.3 Å². The Morgan fingerprint density at radius 3 is 2.50 bits per heavy atom. The van der Waals surface area contributed by atoms with Gasteiger partial charge in [0.2, 0.25) is 0 Å². The van der Waals surface area contributed by atoms with Crippen molar-refractivity contribution in [2.75, 3.05) is 37.6 Å². The predicted molar refractivity (Wildman–Crippen MR) is 141 cm³/mol. The third-order valence-corrected chi connectivity index (χ3v) is 8.76. The van der Waals surface area contributed by atoms with Crippen LogP contribution in [0.1, 0.15) is 25.3 Å². The molecule has 36 heavy (non-hydrogen) atoms. The van der Waals surface area contributed by atoms with Crippen LogP contribution in [0.5, 0.6) is 0 Å². The number of aliphatic hydroxyl groups excluding tert-OH is 2. The average molecular weight is 511 g/mol. The van der Waals surface area contributed by atoms with Gasteiger partial charge in [-0.15, -0.1) is 11.3 Å². The van der Waals surface area contributed by atoms with Gasteiger partial charge in [0.05, 0.1) is 0 Å². The molecule has 3 N–H and O–H groups in total. The lowest BCUT2D eigenvalue weighted by Gasteiger charge is -2.33. The minimum Gasteiger partial charge on any atom is -0.380 e. The maximum atomic E-state index is 12.7. The van der Waals surface area contributed by atoms with E-state index in [4.69, 9.17) is 4.98 Å². The minimum absolute atomic E-state index is 0.221. The van der Waals surface area contributed by atoms with Crippen molar-refractivity contribution < 1.29 is 19.8 Å².